The molecular weight excluding hydrogens is 193 g/mol. The number of anilines is 1. The average Bonchev–Trinajstić information content (AvgIpc) is 2.17. The largest absolute Gasteiger partial charge is 0.369 e. The summed E-state index contributed by atoms with van der Waals surface area (Å²) >= 11 is 0. The van der Waals surface area contributed by atoms with E-state index in [9.17, 15) is 4.39 Å². The van der Waals surface area contributed by atoms with Crippen molar-refractivity contribution >= 4 is 5.82 Å². The molecule has 0 bridgehead atoms. The molecule has 0 aliphatic heterocycles. The zero-order valence-corrected chi connectivity index (χ0v) is 8.96. The van der Waals surface area contributed by atoms with Crippen LogP contribution in [0.1, 0.15) is 32.6 Å². The SMILES string of the molecule is CCC1(CNc2cc(F)ncn2)CCC1. The van der Waals surface area contributed by atoms with Gasteiger partial charge in [0.25, 0.3) is 0 Å². The van der Waals surface area contributed by atoms with Gasteiger partial charge >= 0.3 is 0 Å². The summed E-state index contributed by atoms with van der Waals surface area (Å²) in [6.07, 6.45) is 6.27. The van der Waals surface area contributed by atoms with E-state index in [1.165, 1.54) is 38.1 Å². The molecule has 0 spiro atoms. The van der Waals surface area contributed by atoms with Gasteiger partial charge in [0, 0.05) is 12.6 Å². The maximum atomic E-state index is 12.8. The highest BCUT2D eigenvalue weighted by Gasteiger charge is 2.34. The van der Waals surface area contributed by atoms with Gasteiger partial charge in [-0.3, -0.25) is 0 Å². The van der Waals surface area contributed by atoms with Crippen LogP contribution in [0.3, 0.4) is 0 Å². The Hall–Kier alpha value is -1.19. The number of hydrogen-bond donors (Lipinski definition) is 1. The molecule has 3 nitrogen and oxygen atoms in total. The smallest absolute Gasteiger partial charge is 0.217 e. The first-order chi connectivity index (χ1) is 7.24. The van der Waals surface area contributed by atoms with Crippen LogP contribution in [0, 0.1) is 11.4 Å². The Morgan fingerprint density at radius 3 is 2.80 bits per heavy atom. The van der Waals surface area contributed by atoms with Gasteiger partial charge in [-0.1, -0.05) is 13.3 Å². The zero-order valence-electron chi connectivity index (χ0n) is 8.96. The fourth-order valence-corrected chi connectivity index (χ4v) is 2.04. The van der Waals surface area contributed by atoms with Crippen LogP contribution in [0.2, 0.25) is 0 Å². The van der Waals surface area contributed by atoms with Crippen LogP contribution in [0.4, 0.5) is 10.2 Å². The van der Waals surface area contributed by atoms with Crippen molar-refractivity contribution in [1.82, 2.24) is 9.97 Å². The summed E-state index contributed by atoms with van der Waals surface area (Å²) in [7, 11) is 0. The number of nitrogens with zero attached hydrogens (tertiary/aromatic N) is 2. The van der Waals surface area contributed by atoms with E-state index < -0.39 is 5.95 Å². The average molecular weight is 209 g/mol. The molecule has 1 aromatic rings. The van der Waals surface area contributed by atoms with Crippen LogP contribution in [0.5, 0.6) is 0 Å². The lowest BCUT2D eigenvalue weighted by Crippen LogP contribution is -2.36. The van der Waals surface area contributed by atoms with E-state index >= 15 is 0 Å². The zero-order chi connectivity index (χ0) is 10.7. The van der Waals surface area contributed by atoms with Gasteiger partial charge in [0.15, 0.2) is 0 Å². The van der Waals surface area contributed by atoms with Crippen molar-refractivity contribution in [1.29, 1.82) is 0 Å². The minimum Gasteiger partial charge on any atom is -0.369 e. The van der Waals surface area contributed by atoms with Gasteiger partial charge in [-0.25, -0.2) is 9.97 Å². The third kappa shape index (κ3) is 2.25. The predicted octanol–water partition coefficient (Wildman–Crippen LogP) is 2.61. The minimum absolute atomic E-state index is 0.418. The van der Waals surface area contributed by atoms with E-state index in [1.54, 1.807) is 0 Å². The summed E-state index contributed by atoms with van der Waals surface area (Å²) in [5.41, 5.74) is 0.418. The van der Waals surface area contributed by atoms with Gasteiger partial charge in [-0.05, 0) is 24.7 Å². The highest BCUT2D eigenvalue weighted by Crippen LogP contribution is 2.43. The highest BCUT2D eigenvalue weighted by molar-refractivity contribution is 5.32. The fourth-order valence-electron chi connectivity index (χ4n) is 2.04. The van der Waals surface area contributed by atoms with E-state index in [0.717, 1.165) is 6.54 Å². The minimum atomic E-state index is -0.480. The molecule has 1 aromatic heterocycles. The Morgan fingerprint density at radius 2 is 2.27 bits per heavy atom. The maximum Gasteiger partial charge on any atom is 0.217 e. The standard InChI is InChI=1S/C11H16FN3/c1-2-11(4-3-5-11)7-13-10-6-9(12)14-8-15-10/h6,8H,2-5,7H2,1H3,(H,13,14,15). The van der Waals surface area contributed by atoms with E-state index in [0.29, 0.717) is 11.2 Å². The Balaban J connectivity index is 1.92. The Kier molecular flexibility index (Phi) is 2.84. The third-order valence-electron chi connectivity index (χ3n) is 3.44. The lowest BCUT2D eigenvalue weighted by atomic mass is 9.67. The topological polar surface area (TPSA) is 37.8 Å². The molecule has 1 aliphatic rings. The Labute approximate surface area is 89.1 Å². The predicted molar refractivity (Wildman–Crippen MR) is 57.1 cm³/mol. The number of rotatable bonds is 4. The third-order valence-corrected chi connectivity index (χ3v) is 3.44. The monoisotopic (exact) mass is 209 g/mol. The van der Waals surface area contributed by atoms with Crippen LogP contribution in [0.15, 0.2) is 12.4 Å². The van der Waals surface area contributed by atoms with Crippen LogP contribution in [-0.2, 0) is 0 Å². The second-order valence-corrected chi connectivity index (χ2v) is 4.29. The first kappa shape index (κ1) is 10.3. The number of nitrogens with one attached hydrogen (secondary N) is 1. The van der Waals surface area contributed by atoms with Gasteiger partial charge in [0.1, 0.15) is 12.1 Å². The van der Waals surface area contributed by atoms with Gasteiger partial charge in [-0.15, -0.1) is 0 Å². The quantitative estimate of drug-likeness (QED) is 0.774. The van der Waals surface area contributed by atoms with Gasteiger partial charge in [0.05, 0.1) is 0 Å². The second kappa shape index (κ2) is 4.13. The van der Waals surface area contributed by atoms with E-state index in [2.05, 4.69) is 22.2 Å². The van der Waals surface area contributed by atoms with E-state index in [1.807, 2.05) is 0 Å². The molecule has 1 heterocycles. The van der Waals surface area contributed by atoms with Crippen LogP contribution >= 0.6 is 0 Å². The number of halogens is 1. The lowest BCUT2D eigenvalue weighted by Gasteiger charge is -2.41. The van der Waals surface area contributed by atoms with E-state index in [4.69, 9.17) is 0 Å². The normalized spacial score (nSPS) is 18.3. The van der Waals surface area contributed by atoms with Gasteiger partial charge in [-0.2, -0.15) is 4.39 Å². The van der Waals surface area contributed by atoms with Gasteiger partial charge in [0.2, 0.25) is 5.95 Å². The first-order valence-corrected chi connectivity index (χ1v) is 5.45. The first-order valence-electron chi connectivity index (χ1n) is 5.45. The molecular formula is C11H16FN3. The van der Waals surface area contributed by atoms with Crippen molar-refractivity contribution in [3.63, 3.8) is 0 Å². The van der Waals surface area contributed by atoms with E-state index in [-0.39, 0.29) is 0 Å². The molecule has 15 heavy (non-hydrogen) atoms. The lowest BCUT2D eigenvalue weighted by molar-refractivity contribution is 0.145. The molecule has 0 radical (unpaired) electrons. The Morgan fingerprint density at radius 1 is 1.47 bits per heavy atom. The summed E-state index contributed by atoms with van der Waals surface area (Å²) in [4.78, 5) is 7.39. The van der Waals surface area contributed by atoms with Crippen LogP contribution in [-0.4, -0.2) is 16.5 Å². The molecule has 1 saturated carbocycles. The molecule has 0 amide bonds. The maximum absolute atomic E-state index is 12.8. The summed E-state index contributed by atoms with van der Waals surface area (Å²) in [5.74, 6) is 0.105. The molecule has 82 valence electrons. The number of aromatic nitrogens is 2. The van der Waals surface area contributed by atoms with Crippen molar-refractivity contribution in [2.24, 2.45) is 5.41 Å². The van der Waals surface area contributed by atoms with Crippen molar-refractivity contribution < 1.29 is 4.39 Å². The highest BCUT2D eigenvalue weighted by atomic mass is 19.1. The second-order valence-electron chi connectivity index (χ2n) is 4.29. The molecule has 1 fully saturated rings. The molecule has 0 unspecified atom stereocenters. The molecule has 1 aliphatic carbocycles. The summed E-state index contributed by atoms with van der Waals surface area (Å²) in [5, 5.41) is 3.19. The van der Waals surface area contributed by atoms with Crippen LogP contribution < -0.4 is 5.32 Å². The molecule has 4 heteroatoms. The van der Waals surface area contributed by atoms with Crippen molar-refractivity contribution in [2.45, 2.75) is 32.6 Å². The molecule has 0 saturated heterocycles. The summed E-state index contributed by atoms with van der Waals surface area (Å²) in [6, 6.07) is 1.34. The van der Waals surface area contributed by atoms with Crippen molar-refractivity contribution in [2.75, 3.05) is 11.9 Å². The molecule has 0 atom stereocenters. The molecule has 2 rings (SSSR count). The molecule has 1 N–H and O–H groups in total. The van der Waals surface area contributed by atoms with Gasteiger partial charge < -0.3 is 5.32 Å². The fraction of sp³-hybridized carbons (Fsp3) is 0.636. The van der Waals surface area contributed by atoms with Crippen molar-refractivity contribution in [3.05, 3.63) is 18.3 Å². The summed E-state index contributed by atoms with van der Waals surface area (Å²) in [6.45, 7) is 3.10. The summed E-state index contributed by atoms with van der Waals surface area (Å²) < 4.78 is 12.8. The Bertz CT molecular complexity index is 331. The van der Waals surface area contributed by atoms with Crippen molar-refractivity contribution in [3.8, 4) is 0 Å². The van der Waals surface area contributed by atoms with Crippen LogP contribution in [0.25, 0.3) is 0 Å². The number of hydrogen-bond acceptors (Lipinski definition) is 3. The molecule has 0 aromatic carbocycles.